The summed E-state index contributed by atoms with van der Waals surface area (Å²) >= 11 is 0. The summed E-state index contributed by atoms with van der Waals surface area (Å²) in [6.07, 6.45) is 2.53. The Morgan fingerprint density at radius 2 is 2.05 bits per heavy atom. The number of hydrogen-bond donors (Lipinski definition) is 1. The third-order valence-electron chi connectivity index (χ3n) is 3.22. The van der Waals surface area contributed by atoms with Crippen LogP contribution in [0.25, 0.3) is 0 Å². The van der Waals surface area contributed by atoms with E-state index in [0.29, 0.717) is 0 Å². The summed E-state index contributed by atoms with van der Waals surface area (Å²) in [6.45, 7) is 6.83. The molecule has 0 bridgehead atoms. The first-order valence-corrected chi connectivity index (χ1v) is 6.72. The van der Waals surface area contributed by atoms with E-state index in [2.05, 4.69) is 12.2 Å². The van der Waals surface area contributed by atoms with Crippen molar-refractivity contribution in [2.45, 2.75) is 33.2 Å². The highest BCUT2D eigenvalue weighted by Crippen LogP contribution is 2.27. The first-order valence-electron chi connectivity index (χ1n) is 6.72. The van der Waals surface area contributed by atoms with Gasteiger partial charge >= 0.3 is 0 Å². The van der Waals surface area contributed by atoms with Gasteiger partial charge in [0.25, 0.3) is 0 Å². The highest BCUT2D eigenvalue weighted by molar-refractivity contribution is 5.35. The average molecular weight is 261 g/mol. The van der Waals surface area contributed by atoms with Crippen molar-refractivity contribution in [3.8, 4) is 0 Å². The molecule has 0 amide bonds. The van der Waals surface area contributed by atoms with Gasteiger partial charge < -0.3 is 9.73 Å². The van der Waals surface area contributed by atoms with Crippen molar-refractivity contribution in [2.24, 2.45) is 0 Å². The highest BCUT2D eigenvalue weighted by Gasteiger charge is 2.19. The summed E-state index contributed by atoms with van der Waals surface area (Å²) < 4.78 is 19.1. The Bertz CT molecular complexity index is 527. The molecular weight excluding hydrogens is 241 g/mol. The minimum absolute atomic E-state index is 0.0203. The van der Waals surface area contributed by atoms with E-state index in [1.54, 1.807) is 18.4 Å². The van der Waals surface area contributed by atoms with Crippen LogP contribution < -0.4 is 5.32 Å². The standard InChI is InChI=1S/C16H20FNO/c1-4-15-14(6-7-19-15)16(18-5-2)12-8-11(3)9-13(17)10-12/h6-10,16,18H,4-5H2,1-3H3. The summed E-state index contributed by atoms with van der Waals surface area (Å²) in [4.78, 5) is 0. The molecule has 19 heavy (non-hydrogen) atoms. The SMILES string of the molecule is CCNC(c1cc(C)cc(F)c1)c1ccoc1CC. The largest absolute Gasteiger partial charge is 0.469 e. The van der Waals surface area contributed by atoms with Crippen molar-refractivity contribution in [2.75, 3.05) is 6.54 Å². The first kappa shape index (κ1) is 13.8. The van der Waals surface area contributed by atoms with E-state index in [1.807, 2.05) is 26.0 Å². The lowest BCUT2D eigenvalue weighted by Crippen LogP contribution is -2.22. The van der Waals surface area contributed by atoms with Crippen LogP contribution in [-0.2, 0) is 6.42 Å². The van der Waals surface area contributed by atoms with Crippen LogP contribution in [0.5, 0.6) is 0 Å². The lowest BCUT2D eigenvalue weighted by Gasteiger charge is -2.19. The molecular formula is C16H20FNO. The van der Waals surface area contributed by atoms with Gasteiger partial charge in [0.2, 0.25) is 0 Å². The minimum atomic E-state index is -0.195. The monoisotopic (exact) mass is 261 g/mol. The van der Waals surface area contributed by atoms with E-state index >= 15 is 0 Å². The summed E-state index contributed by atoms with van der Waals surface area (Å²) in [6, 6.07) is 7.10. The Morgan fingerprint density at radius 1 is 1.26 bits per heavy atom. The molecule has 102 valence electrons. The molecule has 2 aromatic rings. The number of aryl methyl sites for hydroxylation is 2. The van der Waals surface area contributed by atoms with Crippen molar-refractivity contribution in [3.05, 3.63) is 58.8 Å². The number of benzene rings is 1. The number of furan rings is 1. The predicted molar refractivity (Wildman–Crippen MR) is 74.7 cm³/mol. The fourth-order valence-corrected chi connectivity index (χ4v) is 2.44. The molecule has 1 aromatic carbocycles. The lowest BCUT2D eigenvalue weighted by atomic mass is 9.96. The van der Waals surface area contributed by atoms with Crippen molar-refractivity contribution < 1.29 is 8.81 Å². The minimum Gasteiger partial charge on any atom is -0.469 e. The fourth-order valence-electron chi connectivity index (χ4n) is 2.44. The first-order chi connectivity index (χ1) is 9.15. The van der Waals surface area contributed by atoms with Crippen LogP contribution in [0, 0.1) is 12.7 Å². The molecule has 1 unspecified atom stereocenters. The average Bonchev–Trinajstić information content (AvgIpc) is 2.82. The number of nitrogens with one attached hydrogen (secondary N) is 1. The summed E-state index contributed by atoms with van der Waals surface area (Å²) in [5, 5.41) is 3.40. The van der Waals surface area contributed by atoms with E-state index in [1.165, 1.54) is 0 Å². The van der Waals surface area contributed by atoms with Crippen molar-refractivity contribution >= 4 is 0 Å². The second-order valence-corrected chi connectivity index (χ2v) is 4.71. The zero-order valence-corrected chi connectivity index (χ0v) is 11.7. The van der Waals surface area contributed by atoms with Crippen LogP contribution in [-0.4, -0.2) is 6.54 Å². The molecule has 0 aliphatic rings. The van der Waals surface area contributed by atoms with Crippen LogP contribution in [0.1, 0.15) is 42.3 Å². The molecule has 1 atom stereocenters. The van der Waals surface area contributed by atoms with Gasteiger partial charge in [-0.2, -0.15) is 0 Å². The van der Waals surface area contributed by atoms with Crippen LogP contribution in [0.2, 0.25) is 0 Å². The summed E-state index contributed by atoms with van der Waals surface area (Å²) in [7, 11) is 0. The number of rotatable bonds is 5. The normalized spacial score (nSPS) is 12.6. The van der Waals surface area contributed by atoms with E-state index in [0.717, 1.165) is 35.4 Å². The van der Waals surface area contributed by atoms with Crippen LogP contribution in [0.15, 0.2) is 34.9 Å². The number of halogens is 1. The van der Waals surface area contributed by atoms with Crippen LogP contribution in [0.4, 0.5) is 4.39 Å². The molecule has 0 saturated carbocycles. The predicted octanol–water partition coefficient (Wildman–Crippen LogP) is 3.99. The molecule has 0 spiro atoms. The van der Waals surface area contributed by atoms with Gasteiger partial charge in [0.1, 0.15) is 11.6 Å². The second kappa shape index (κ2) is 6.02. The highest BCUT2D eigenvalue weighted by atomic mass is 19.1. The summed E-state index contributed by atoms with van der Waals surface area (Å²) in [5.74, 6) is 0.757. The molecule has 2 nitrogen and oxygen atoms in total. The third kappa shape index (κ3) is 3.04. The van der Waals surface area contributed by atoms with Gasteiger partial charge in [-0.1, -0.05) is 19.9 Å². The molecule has 0 aliphatic carbocycles. The Kier molecular flexibility index (Phi) is 4.38. The maximum absolute atomic E-state index is 13.6. The van der Waals surface area contributed by atoms with Gasteiger partial charge in [0.05, 0.1) is 12.3 Å². The fraction of sp³-hybridized carbons (Fsp3) is 0.375. The molecule has 1 heterocycles. The van der Waals surface area contributed by atoms with Crippen LogP contribution >= 0.6 is 0 Å². The van der Waals surface area contributed by atoms with Gasteiger partial charge in [-0.15, -0.1) is 0 Å². The Morgan fingerprint density at radius 3 is 2.68 bits per heavy atom. The molecule has 1 N–H and O–H groups in total. The molecule has 0 aliphatic heterocycles. The zero-order chi connectivity index (χ0) is 13.8. The van der Waals surface area contributed by atoms with Gasteiger partial charge in [0, 0.05) is 12.0 Å². The molecule has 0 fully saturated rings. The second-order valence-electron chi connectivity index (χ2n) is 4.71. The molecule has 0 radical (unpaired) electrons. The maximum atomic E-state index is 13.6. The molecule has 3 heteroatoms. The van der Waals surface area contributed by atoms with Crippen molar-refractivity contribution in [1.29, 1.82) is 0 Å². The van der Waals surface area contributed by atoms with Crippen molar-refractivity contribution in [1.82, 2.24) is 5.32 Å². The third-order valence-corrected chi connectivity index (χ3v) is 3.22. The zero-order valence-electron chi connectivity index (χ0n) is 11.7. The quantitative estimate of drug-likeness (QED) is 0.880. The van der Waals surface area contributed by atoms with Gasteiger partial charge in [-0.3, -0.25) is 0 Å². The topological polar surface area (TPSA) is 25.2 Å². The molecule has 0 saturated heterocycles. The lowest BCUT2D eigenvalue weighted by molar-refractivity contribution is 0.501. The summed E-state index contributed by atoms with van der Waals surface area (Å²) in [5.41, 5.74) is 2.96. The van der Waals surface area contributed by atoms with E-state index in [-0.39, 0.29) is 11.9 Å². The smallest absolute Gasteiger partial charge is 0.123 e. The van der Waals surface area contributed by atoms with Gasteiger partial charge in [-0.05, 0) is 42.8 Å². The Hall–Kier alpha value is -1.61. The van der Waals surface area contributed by atoms with Crippen molar-refractivity contribution in [3.63, 3.8) is 0 Å². The van der Waals surface area contributed by atoms with Crippen LogP contribution in [0.3, 0.4) is 0 Å². The molecule has 2 rings (SSSR count). The number of hydrogen-bond acceptors (Lipinski definition) is 2. The van der Waals surface area contributed by atoms with Gasteiger partial charge in [0.15, 0.2) is 0 Å². The van der Waals surface area contributed by atoms with Gasteiger partial charge in [-0.25, -0.2) is 4.39 Å². The van der Waals surface area contributed by atoms with E-state index < -0.39 is 0 Å². The Labute approximate surface area is 113 Å². The Balaban J connectivity index is 2.45. The van der Waals surface area contributed by atoms with E-state index in [9.17, 15) is 4.39 Å². The maximum Gasteiger partial charge on any atom is 0.123 e. The molecule has 1 aromatic heterocycles. The van der Waals surface area contributed by atoms with E-state index in [4.69, 9.17) is 4.42 Å².